The van der Waals surface area contributed by atoms with Crippen molar-refractivity contribution in [3.05, 3.63) is 29.6 Å². The molecule has 18 heavy (non-hydrogen) atoms. The number of halogens is 1. The molecule has 3 heteroatoms. The normalized spacial score (nSPS) is 19.0. The molecule has 100 valence electrons. The van der Waals surface area contributed by atoms with Gasteiger partial charge in [-0.15, -0.1) is 0 Å². The Morgan fingerprint density at radius 2 is 2.06 bits per heavy atom. The summed E-state index contributed by atoms with van der Waals surface area (Å²) in [4.78, 5) is 2.16. The number of benzene rings is 1. The van der Waals surface area contributed by atoms with Crippen LogP contribution in [0.3, 0.4) is 0 Å². The van der Waals surface area contributed by atoms with E-state index >= 15 is 0 Å². The van der Waals surface area contributed by atoms with Crippen molar-refractivity contribution in [1.29, 1.82) is 0 Å². The molecule has 0 saturated carbocycles. The van der Waals surface area contributed by atoms with Gasteiger partial charge in [-0.1, -0.05) is 13.0 Å². The molecule has 1 aliphatic rings. The Morgan fingerprint density at radius 3 is 2.61 bits per heavy atom. The molecule has 0 spiro atoms. The lowest BCUT2D eigenvalue weighted by Crippen LogP contribution is -2.33. The van der Waals surface area contributed by atoms with Crippen molar-refractivity contribution >= 4 is 5.69 Å². The van der Waals surface area contributed by atoms with E-state index in [1.165, 1.54) is 0 Å². The number of hydrogen-bond acceptors (Lipinski definition) is 2. The standard InChI is InChI=1S/C15H23FN2/c1-11-5-7-18(8-6-11)15-4-3-13(9-12(2)17)10-14(15)16/h3-4,10-12H,5-9,17H2,1-2H3. The van der Waals surface area contributed by atoms with Gasteiger partial charge in [-0.05, 0) is 49.8 Å². The third-order valence-electron chi connectivity index (χ3n) is 3.69. The highest BCUT2D eigenvalue weighted by Crippen LogP contribution is 2.26. The molecule has 1 fully saturated rings. The topological polar surface area (TPSA) is 29.3 Å². The fourth-order valence-corrected chi connectivity index (χ4v) is 2.56. The van der Waals surface area contributed by atoms with Gasteiger partial charge >= 0.3 is 0 Å². The van der Waals surface area contributed by atoms with Crippen LogP contribution < -0.4 is 10.6 Å². The van der Waals surface area contributed by atoms with E-state index in [0.717, 1.165) is 49.5 Å². The van der Waals surface area contributed by atoms with Crippen LogP contribution in [0.25, 0.3) is 0 Å². The van der Waals surface area contributed by atoms with E-state index in [4.69, 9.17) is 5.73 Å². The minimum Gasteiger partial charge on any atom is -0.369 e. The highest BCUT2D eigenvalue weighted by molar-refractivity contribution is 5.49. The van der Waals surface area contributed by atoms with Crippen LogP contribution >= 0.6 is 0 Å². The van der Waals surface area contributed by atoms with Crippen LogP contribution in [0.15, 0.2) is 18.2 Å². The average molecular weight is 250 g/mol. The first-order valence-corrected chi connectivity index (χ1v) is 6.85. The zero-order chi connectivity index (χ0) is 13.1. The quantitative estimate of drug-likeness (QED) is 0.893. The second kappa shape index (κ2) is 5.70. The third kappa shape index (κ3) is 3.22. The zero-order valence-electron chi connectivity index (χ0n) is 11.3. The minimum absolute atomic E-state index is 0.0751. The number of piperidine rings is 1. The van der Waals surface area contributed by atoms with Gasteiger partial charge in [0.15, 0.2) is 0 Å². The highest BCUT2D eigenvalue weighted by atomic mass is 19.1. The number of anilines is 1. The molecule has 0 aromatic heterocycles. The van der Waals surface area contributed by atoms with Crippen molar-refractivity contribution in [3.8, 4) is 0 Å². The van der Waals surface area contributed by atoms with Crippen molar-refractivity contribution in [2.24, 2.45) is 11.7 Å². The molecule has 0 aliphatic carbocycles. The summed E-state index contributed by atoms with van der Waals surface area (Å²) < 4.78 is 14.1. The molecule has 1 aliphatic heterocycles. The van der Waals surface area contributed by atoms with Crippen LogP contribution in [0, 0.1) is 11.7 Å². The predicted octanol–water partition coefficient (Wildman–Crippen LogP) is 2.95. The first-order valence-electron chi connectivity index (χ1n) is 6.85. The van der Waals surface area contributed by atoms with E-state index in [0.29, 0.717) is 0 Å². The molecular weight excluding hydrogens is 227 g/mol. The Hall–Kier alpha value is -1.09. The van der Waals surface area contributed by atoms with Crippen molar-refractivity contribution in [2.45, 2.75) is 39.2 Å². The molecule has 1 saturated heterocycles. The van der Waals surface area contributed by atoms with E-state index in [-0.39, 0.29) is 11.9 Å². The fourth-order valence-electron chi connectivity index (χ4n) is 2.56. The summed E-state index contributed by atoms with van der Waals surface area (Å²) in [7, 11) is 0. The molecule has 1 heterocycles. The molecule has 1 aromatic carbocycles. The lowest BCUT2D eigenvalue weighted by molar-refractivity contribution is 0.434. The summed E-state index contributed by atoms with van der Waals surface area (Å²) in [6, 6.07) is 5.62. The minimum atomic E-state index is -0.109. The van der Waals surface area contributed by atoms with Crippen LogP contribution in [-0.4, -0.2) is 19.1 Å². The lowest BCUT2D eigenvalue weighted by Gasteiger charge is -2.32. The largest absolute Gasteiger partial charge is 0.369 e. The summed E-state index contributed by atoms with van der Waals surface area (Å²) in [5.74, 6) is 0.657. The van der Waals surface area contributed by atoms with Gasteiger partial charge in [0, 0.05) is 19.1 Å². The van der Waals surface area contributed by atoms with E-state index < -0.39 is 0 Å². The van der Waals surface area contributed by atoms with Crippen LogP contribution in [0.2, 0.25) is 0 Å². The number of nitrogens with zero attached hydrogens (tertiary/aromatic N) is 1. The number of rotatable bonds is 3. The third-order valence-corrected chi connectivity index (χ3v) is 3.69. The summed E-state index contributed by atoms with van der Waals surface area (Å²) in [6.45, 7) is 6.13. The van der Waals surface area contributed by atoms with Crippen LogP contribution in [0.1, 0.15) is 32.3 Å². The SMILES string of the molecule is CC(N)Cc1ccc(N2CCC(C)CC2)c(F)c1. The summed E-state index contributed by atoms with van der Waals surface area (Å²) in [6.07, 6.45) is 3.04. The van der Waals surface area contributed by atoms with Gasteiger partial charge in [0.1, 0.15) is 5.82 Å². The van der Waals surface area contributed by atoms with Crippen molar-refractivity contribution < 1.29 is 4.39 Å². The molecule has 0 radical (unpaired) electrons. The average Bonchev–Trinajstić information content (AvgIpc) is 2.30. The van der Waals surface area contributed by atoms with Gasteiger partial charge in [0.2, 0.25) is 0 Å². The van der Waals surface area contributed by atoms with Gasteiger partial charge in [0.25, 0.3) is 0 Å². The molecule has 1 unspecified atom stereocenters. The summed E-state index contributed by atoms with van der Waals surface area (Å²) in [5.41, 5.74) is 7.47. The van der Waals surface area contributed by atoms with E-state index in [1.54, 1.807) is 6.07 Å². The van der Waals surface area contributed by atoms with Gasteiger partial charge < -0.3 is 10.6 Å². The second-order valence-corrected chi connectivity index (χ2v) is 5.64. The number of nitrogens with two attached hydrogens (primary N) is 1. The Morgan fingerprint density at radius 1 is 1.39 bits per heavy atom. The maximum atomic E-state index is 14.1. The molecule has 2 N–H and O–H groups in total. The van der Waals surface area contributed by atoms with Gasteiger partial charge in [-0.2, -0.15) is 0 Å². The van der Waals surface area contributed by atoms with Gasteiger partial charge in [-0.25, -0.2) is 4.39 Å². The zero-order valence-corrected chi connectivity index (χ0v) is 11.3. The van der Waals surface area contributed by atoms with Crippen LogP contribution in [0.4, 0.5) is 10.1 Å². The van der Waals surface area contributed by atoms with Crippen LogP contribution in [-0.2, 0) is 6.42 Å². The molecule has 0 bridgehead atoms. The second-order valence-electron chi connectivity index (χ2n) is 5.64. The van der Waals surface area contributed by atoms with Gasteiger partial charge in [0.05, 0.1) is 5.69 Å². The predicted molar refractivity (Wildman–Crippen MR) is 74.4 cm³/mol. The maximum absolute atomic E-state index is 14.1. The van der Waals surface area contributed by atoms with E-state index in [1.807, 2.05) is 19.1 Å². The van der Waals surface area contributed by atoms with E-state index in [9.17, 15) is 4.39 Å². The van der Waals surface area contributed by atoms with Crippen molar-refractivity contribution in [2.75, 3.05) is 18.0 Å². The molecular formula is C15H23FN2. The molecule has 2 rings (SSSR count). The Bertz CT molecular complexity index is 395. The fraction of sp³-hybridized carbons (Fsp3) is 0.600. The molecule has 0 amide bonds. The van der Waals surface area contributed by atoms with E-state index in [2.05, 4.69) is 11.8 Å². The van der Waals surface area contributed by atoms with Crippen LogP contribution in [0.5, 0.6) is 0 Å². The van der Waals surface area contributed by atoms with Gasteiger partial charge in [-0.3, -0.25) is 0 Å². The first-order chi connectivity index (χ1) is 8.56. The lowest BCUT2D eigenvalue weighted by atomic mass is 9.98. The highest BCUT2D eigenvalue weighted by Gasteiger charge is 2.18. The van der Waals surface area contributed by atoms with Crippen molar-refractivity contribution in [1.82, 2.24) is 0 Å². The molecule has 2 nitrogen and oxygen atoms in total. The first kappa shape index (κ1) is 13.3. The van der Waals surface area contributed by atoms with Crippen molar-refractivity contribution in [3.63, 3.8) is 0 Å². The molecule has 1 atom stereocenters. The monoisotopic (exact) mass is 250 g/mol. The molecule has 1 aromatic rings. The summed E-state index contributed by atoms with van der Waals surface area (Å²) in [5, 5.41) is 0. The smallest absolute Gasteiger partial charge is 0.146 e. The Balaban J connectivity index is 2.09. The Labute approximate surface area is 109 Å². The Kier molecular flexibility index (Phi) is 4.23. The number of hydrogen-bond donors (Lipinski definition) is 1. The maximum Gasteiger partial charge on any atom is 0.146 e. The summed E-state index contributed by atoms with van der Waals surface area (Å²) >= 11 is 0.